The molecule has 0 aliphatic carbocycles. The van der Waals surface area contributed by atoms with Crippen molar-refractivity contribution < 1.29 is 114 Å². The first-order chi connectivity index (χ1) is 43.0. The van der Waals surface area contributed by atoms with E-state index < -0.39 is 174 Å². The molecule has 0 aromatic carbocycles. The molecule has 15 N–H and O–H groups in total. The highest BCUT2D eigenvalue weighted by Gasteiger charge is 2.56. The van der Waals surface area contributed by atoms with Crippen LogP contribution in [0.2, 0.25) is 0 Å². The molecule has 4 aliphatic heterocycles. The quantitative estimate of drug-likeness (QED) is 0.0307. The molecule has 0 bridgehead atoms. The highest BCUT2D eigenvalue weighted by atomic mass is 16.8. The smallest absolute Gasteiger partial charge is 0.220 e. The van der Waals surface area contributed by atoms with Crippen LogP contribution in [0.5, 0.6) is 0 Å². The Labute approximate surface area is 528 Å². The summed E-state index contributed by atoms with van der Waals surface area (Å²) in [4.78, 5) is 25.5. The van der Waals surface area contributed by atoms with Crippen LogP contribution in [0, 0.1) is 0 Å². The van der Waals surface area contributed by atoms with Gasteiger partial charge in [0, 0.05) is 13.3 Å². The number of carbonyl (C=O) groups is 2. The first-order valence-corrected chi connectivity index (χ1v) is 33.9. The van der Waals surface area contributed by atoms with Gasteiger partial charge in [0.05, 0.1) is 45.2 Å². The SMILES string of the molecule is CCCCCCCCCCCCCC=C[C@@H](O)[C@H](CO[C@@H]1O[C@H](CO)[C@@H](O[C@@H]2O[C@H](CO)[C@H](O[C@H]3O[C@H](CO)[C@H](O)[C@H](O[C@@H]4O[C@H](CO)[C@H](O)[C@H](O)[C@H]4NC(C)=O)[C@H]3O)[C@H](O)[C@H]2O)[C@H](O)C1O)NC(=O)CCCCCCCCCCCCCCCCCCC. The number of aliphatic hydroxyl groups is 13. The average molecular weight is 1280 g/mol. The second-order valence-corrected chi connectivity index (χ2v) is 25.0. The van der Waals surface area contributed by atoms with Gasteiger partial charge in [-0.15, -0.1) is 0 Å². The normalized spacial score (nSPS) is 33.3. The summed E-state index contributed by atoms with van der Waals surface area (Å²) in [7, 11) is 0. The molecule has 4 aliphatic rings. The highest BCUT2D eigenvalue weighted by molar-refractivity contribution is 5.76. The van der Waals surface area contributed by atoms with Crippen molar-refractivity contribution in [3.05, 3.63) is 12.2 Å². The first kappa shape index (κ1) is 79.3. The first-order valence-electron chi connectivity index (χ1n) is 33.9. The van der Waals surface area contributed by atoms with Gasteiger partial charge < -0.3 is 115 Å². The lowest BCUT2D eigenvalue weighted by Gasteiger charge is -2.49. The van der Waals surface area contributed by atoms with Gasteiger partial charge in [-0.25, -0.2) is 0 Å². The van der Waals surface area contributed by atoms with Crippen LogP contribution in [0.1, 0.15) is 213 Å². The van der Waals surface area contributed by atoms with Crippen LogP contribution in [-0.4, -0.2) is 246 Å². The minimum Gasteiger partial charge on any atom is -0.394 e. The van der Waals surface area contributed by atoms with Crippen molar-refractivity contribution in [2.75, 3.05) is 33.0 Å². The summed E-state index contributed by atoms with van der Waals surface area (Å²) in [5, 5.41) is 147. The minimum absolute atomic E-state index is 0.218. The Morgan fingerprint density at radius 1 is 0.438 bits per heavy atom. The number of ether oxygens (including phenoxy) is 8. The van der Waals surface area contributed by atoms with Crippen LogP contribution < -0.4 is 10.6 Å². The molecular formula is C64H118N2O23. The largest absolute Gasteiger partial charge is 0.394 e. The van der Waals surface area contributed by atoms with Crippen molar-refractivity contribution in [3.8, 4) is 0 Å². The third-order valence-corrected chi connectivity index (χ3v) is 17.6. The number of rotatable bonds is 47. The number of hydrogen-bond donors (Lipinski definition) is 15. The summed E-state index contributed by atoms with van der Waals surface area (Å²) < 4.78 is 46.4. The summed E-state index contributed by atoms with van der Waals surface area (Å²) in [6.07, 6.45) is 2.79. The maximum atomic E-state index is 13.4. The summed E-state index contributed by atoms with van der Waals surface area (Å²) in [5.41, 5.74) is 0. The molecule has 0 saturated carbocycles. The van der Waals surface area contributed by atoms with Crippen molar-refractivity contribution in [2.45, 2.75) is 348 Å². The third-order valence-electron chi connectivity index (χ3n) is 17.6. The van der Waals surface area contributed by atoms with Gasteiger partial charge in [-0.1, -0.05) is 193 Å². The lowest BCUT2D eigenvalue weighted by atomic mass is 9.95. The fraction of sp³-hybridized carbons (Fsp3) is 0.938. The second kappa shape index (κ2) is 45.3. The Kier molecular flexibility index (Phi) is 40.3. The van der Waals surface area contributed by atoms with Crippen LogP contribution in [0.3, 0.4) is 0 Å². The van der Waals surface area contributed by atoms with Gasteiger partial charge in [0.2, 0.25) is 11.8 Å². The fourth-order valence-electron chi connectivity index (χ4n) is 12.1. The molecule has 4 heterocycles. The zero-order valence-corrected chi connectivity index (χ0v) is 53.5. The maximum absolute atomic E-state index is 13.4. The zero-order chi connectivity index (χ0) is 65.1. The Bertz CT molecular complexity index is 1860. The van der Waals surface area contributed by atoms with Gasteiger partial charge in [-0.3, -0.25) is 9.59 Å². The summed E-state index contributed by atoms with van der Waals surface area (Å²) >= 11 is 0. The lowest BCUT2D eigenvalue weighted by Crippen LogP contribution is -2.69. The molecule has 4 saturated heterocycles. The molecule has 4 rings (SSSR count). The molecule has 0 aromatic heterocycles. The molecule has 25 nitrogen and oxygen atoms in total. The van der Waals surface area contributed by atoms with Crippen molar-refractivity contribution in [3.63, 3.8) is 0 Å². The van der Waals surface area contributed by atoms with E-state index in [0.29, 0.717) is 12.8 Å². The Morgan fingerprint density at radius 3 is 1.28 bits per heavy atom. The average Bonchev–Trinajstić information content (AvgIpc) is 1.31. The van der Waals surface area contributed by atoms with E-state index in [0.717, 1.165) is 51.9 Å². The van der Waals surface area contributed by atoms with E-state index >= 15 is 0 Å². The van der Waals surface area contributed by atoms with Crippen LogP contribution in [-0.2, 0) is 47.5 Å². The number of hydrogen-bond acceptors (Lipinski definition) is 23. The van der Waals surface area contributed by atoms with E-state index in [-0.39, 0.29) is 12.3 Å². The molecule has 22 atom stereocenters. The van der Waals surface area contributed by atoms with Crippen molar-refractivity contribution >= 4 is 11.8 Å². The van der Waals surface area contributed by atoms with Gasteiger partial charge in [0.25, 0.3) is 0 Å². The number of amides is 2. The van der Waals surface area contributed by atoms with E-state index in [2.05, 4.69) is 24.5 Å². The van der Waals surface area contributed by atoms with Crippen molar-refractivity contribution in [2.24, 2.45) is 0 Å². The molecule has 1 unspecified atom stereocenters. The Balaban J connectivity index is 1.32. The maximum Gasteiger partial charge on any atom is 0.220 e. The van der Waals surface area contributed by atoms with E-state index in [4.69, 9.17) is 37.9 Å². The number of nitrogens with one attached hydrogen (secondary N) is 2. The summed E-state index contributed by atoms with van der Waals surface area (Å²) in [6, 6.07) is -2.53. The molecule has 2 amide bonds. The highest BCUT2D eigenvalue weighted by Crippen LogP contribution is 2.35. The zero-order valence-electron chi connectivity index (χ0n) is 53.5. The van der Waals surface area contributed by atoms with Crippen LogP contribution in [0.25, 0.3) is 0 Å². The molecule has 0 aromatic rings. The van der Waals surface area contributed by atoms with E-state index in [1.54, 1.807) is 6.08 Å². The number of allylic oxidation sites excluding steroid dienone is 1. The molecule has 4 fully saturated rings. The Hall–Kier alpha value is -2.16. The molecule has 522 valence electrons. The molecule has 25 heteroatoms. The van der Waals surface area contributed by atoms with Crippen molar-refractivity contribution in [1.29, 1.82) is 0 Å². The van der Waals surface area contributed by atoms with Gasteiger partial charge >= 0.3 is 0 Å². The predicted molar refractivity (Wildman–Crippen MR) is 326 cm³/mol. The molecule has 0 spiro atoms. The topological polar surface area (TPSA) is 395 Å². The lowest BCUT2D eigenvalue weighted by molar-refractivity contribution is -0.386. The van der Waals surface area contributed by atoms with Crippen LogP contribution in [0.4, 0.5) is 0 Å². The predicted octanol–water partition coefficient (Wildman–Crippen LogP) is 2.56. The van der Waals surface area contributed by atoms with Crippen LogP contribution in [0.15, 0.2) is 12.2 Å². The van der Waals surface area contributed by atoms with E-state index in [1.165, 1.54) is 128 Å². The minimum atomic E-state index is -2.09. The molecule has 89 heavy (non-hydrogen) atoms. The summed E-state index contributed by atoms with van der Waals surface area (Å²) in [5.74, 6) is -1.00. The Morgan fingerprint density at radius 2 is 0.820 bits per heavy atom. The third kappa shape index (κ3) is 27.2. The number of aliphatic hydroxyl groups excluding tert-OH is 13. The summed E-state index contributed by atoms with van der Waals surface area (Å²) in [6.45, 7) is 1.63. The molecule has 0 radical (unpaired) electrons. The van der Waals surface area contributed by atoms with E-state index in [1.807, 2.05) is 6.08 Å². The van der Waals surface area contributed by atoms with Gasteiger partial charge in [0.1, 0.15) is 97.6 Å². The van der Waals surface area contributed by atoms with E-state index in [9.17, 15) is 76.0 Å². The van der Waals surface area contributed by atoms with Gasteiger partial charge in [-0.2, -0.15) is 0 Å². The number of unbranched alkanes of at least 4 members (excludes halogenated alkanes) is 27. The monoisotopic (exact) mass is 1280 g/mol. The fourth-order valence-corrected chi connectivity index (χ4v) is 12.1. The van der Waals surface area contributed by atoms with Gasteiger partial charge in [-0.05, 0) is 19.3 Å². The second-order valence-electron chi connectivity index (χ2n) is 25.0. The van der Waals surface area contributed by atoms with Crippen molar-refractivity contribution in [1.82, 2.24) is 10.6 Å². The standard InChI is InChI=1S/C64H118N2O23/c1-4-6-8-10-12-14-16-18-19-20-21-23-25-27-29-31-33-35-48(73)66-42(43(72)34-32-30-28-26-24-22-17-15-13-11-9-7-5-2)40-82-62-55(79)53(77)58(46(38-69)85-62)87-63-56(80)54(78)59(47(39-70)86-63)88-64-57(81)60(51(75)45(37-68)84-64)89-61-49(65-41(3)71)52(76)50(74)44(36-67)83-61/h32,34,42-47,49-64,67-70,72,74-81H,4-31,33,35-40H2,1-3H3,(H,65,71)(H,66,73)/t42-,43+,44+,45+,46+,47+,49+,50-,51-,52+,53+,54+,55?,56+,57+,58+,59-,60-,61-,62+,63-,64+/m0/s1. The van der Waals surface area contributed by atoms with Crippen LogP contribution >= 0.6 is 0 Å². The van der Waals surface area contributed by atoms with Gasteiger partial charge in [0.15, 0.2) is 25.2 Å². The molecular weight excluding hydrogens is 1160 g/mol. The number of carbonyl (C=O) groups excluding carboxylic acids is 2.